The largest absolute Gasteiger partial charge is 0.480 e. The molecule has 0 aliphatic carbocycles. The number of carbonyl (C=O) groups is 2. The Morgan fingerprint density at radius 2 is 1.58 bits per heavy atom. The van der Waals surface area contributed by atoms with Gasteiger partial charge in [0.05, 0.1) is 6.04 Å². The van der Waals surface area contributed by atoms with Crippen LogP contribution in [0.25, 0.3) is 0 Å². The average molecular weight is 325 g/mol. The molecule has 0 saturated carbocycles. The highest BCUT2D eigenvalue weighted by atomic mass is 16.4. The maximum Gasteiger partial charge on any atom is 0.326 e. The van der Waals surface area contributed by atoms with Gasteiger partial charge < -0.3 is 16.2 Å². The van der Waals surface area contributed by atoms with Crippen molar-refractivity contribution in [3.05, 3.63) is 71.3 Å². The highest BCUT2D eigenvalue weighted by Gasteiger charge is 2.23. The number of amides is 1. The van der Waals surface area contributed by atoms with Crippen LogP contribution in [0.2, 0.25) is 0 Å². The van der Waals surface area contributed by atoms with Gasteiger partial charge in [0.15, 0.2) is 0 Å². The minimum atomic E-state index is -1.07. The number of rotatable bonds is 7. The molecule has 0 aliphatic heterocycles. The molecule has 0 heterocycles. The SMILES string of the molecule is [11CH3]c1ccc(C[C@H](N)C(=O)N[C@@H](Cc2ccccc2)C(=O)O)cc1. The summed E-state index contributed by atoms with van der Waals surface area (Å²) in [6, 6.07) is 15.1. The normalized spacial score (nSPS) is 13.1. The van der Waals surface area contributed by atoms with Crippen molar-refractivity contribution in [2.45, 2.75) is 31.8 Å². The van der Waals surface area contributed by atoms with Crippen LogP contribution in [0, 0.1) is 6.92 Å². The monoisotopic (exact) mass is 325 g/mol. The van der Waals surface area contributed by atoms with Crippen molar-refractivity contribution >= 4 is 11.9 Å². The number of aryl methyl sites for hydroxylation is 1. The van der Waals surface area contributed by atoms with E-state index in [1.165, 1.54) is 0 Å². The van der Waals surface area contributed by atoms with Gasteiger partial charge >= 0.3 is 5.97 Å². The number of carboxylic acids is 1. The summed E-state index contributed by atoms with van der Waals surface area (Å²) in [5.41, 5.74) is 8.84. The Hall–Kier alpha value is -2.66. The molecule has 1 amide bonds. The van der Waals surface area contributed by atoms with E-state index in [1.807, 2.05) is 61.5 Å². The van der Waals surface area contributed by atoms with Gasteiger partial charge in [-0.3, -0.25) is 4.79 Å². The Morgan fingerprint density at radius 1 is 1.00 bits per heavy atom. The third kappa shape index (κ3) is 5.21. The summed E-state index contributed by atoms with van der Waals surface area (Å²) in [5.74, 6) is -1.53. The van der Waals surface area contributed by atoms with E-state index >= 15 is 0 Å². The Kier molecular flexibility index (Phi) is 6.09. The van der Waals surface area contributed by atoms with E-state index in [0.29, 0.717) is 6.42 Å². The second kappa shape index (κ2) is 8.26. The van der Waals surface area contributed by atoms with Crippen LogP contribution in [-0.4, -0.2) is 29.1 Å². The first kappa shape index (κ1) is 17.7. The van der Waals surface area contributed by atoms with Gasteiger partial charge in [-0.1, -0.05) is 60.2 Å². The summed E-state index contributed by atoms with van der Waals surface area (Å²) in [6.07, 6.45) is 0.586. The van der Waals surface area contributed by atoms with Gasteiger partial charge in [0.2, 0.25) is 5.91 Å². The summed E-state index contributed by atoms with van der Waals surface area (Å²) in [7, 11) is 0. The third-order valence-electron chi connectivity index (χ3n) is 3.81. The van der Waals surface area contributed by atoms with Crippen molar-refractivity contribution in [3.8, 4) is 0 Å². The topological polar surface area (TPSA) is 92.4 Å². The molecule has 0 unspecified atom stereocenters. The quantitative estimate of drug-likeness (QED) is 0.722. The van der Waals surface area contributed by atoms with Crippen LogP contribution in [-0.2, 0) is 22.4 Å². The maximum absolute atomic E-state index is 12.2. The third-order valence-corrected chi connectivity index (χ3v) is 3.81. The fourth-order valence-corrected chi connectivity index (χ4v) is 2.40. The summed E-state index contributed by atoms with van der Waals surface area (Å²) < 4.78 is 0. The zero-order valence-corrected chi connectivity index (χ0v) is 13.6. The Balaban J connectivity index is 1.96. The van der Waals surface area contributed by atoms with E-state index in [1.54, 1.807) is 0 Å². The van der Waals surface area contributed by atoms with E-state index < -0.39 is 24.0 Å². The van der Waals surface area contributed by atoms with Crippen molar-refractivity contribution < 1.29 is 14.7 Å². The first-order valence-corrected chi connectivity index (χ1v) is 7.84. The van der Waals surface area contributed by atoms with Crippen LogP contribution in [0.1, 0.15) is 16.7 Å². The highest BCUT2D eigenvalue weighted by molar-refractivity contribution is 5.87. The van der Waals surface area contributed by atoms with Gasteiger partial charge in [-0.25, -0.2) is 4.79 Å². The molecule has 126 valence electrons. The van der Waals surface area contributed by atoms with E-state index in [0.717, 1.165) is 16.7 Å². The lowest BCUT2D eigenvalue weighted by atomic mass is 9.98. The summed E-state index contributed by atoms with van der Waals surface area (Å²) >= 11 is 0. The Labute approximate surface area is 141 Å². The van der Waals surface area contributed by atoms with E-state index in [4.69, 9.17) is 5.73 Å². The van der Waals surface area contributed by atoms with Crippen LogP contribution in [0.4, 0.5) is 0 Å². The van der Waals surface area contributed by atoms with Crippen molar-refractivity contribution in [1.82, 2.24) is 5.32 Å². The van der Waals surface area contributed by atoms with Gasteiger partial charge in [-0.15, -0.1) is 0 Å². The smallest absolute Gasteiger partial charge is 0.326 e. The van der Waals surface area contributed by atoms with Crippen LogP contribution < -0.4 is 11.1 Å². The molecular weight excluding hydrogens is 303 g/mol. The molecule has 2 aromatic rings. The fraction of sp³-hybridized carbons (Fsp3) is 0.263. The predicted molar refractivity (Wildman–Crippen MR) is 92.6 cm³/mol. The van der Waals surface area contributed by atoms with Gasteiger partial charge in [0.1, 0.15) is 6.04 Å². The van der Waals surface area contributed by atoms with Gasteiger partial charge in [-0.2, -0.15) is 0 Å². The lowest BCUT2D eigenvalue weighted by Crippen LogP contribution is -2.50. The van der Waals surface area contributed by atoms with Crippen LogP contribution >= 0.6 is 0 Å². The van der Waals surface area contributed by atoms with Crippen LogP contribution in [0.3, 0.4) is 0 Å². The molecule has 2 rings (SSSR count). The Morgan fingerprint density at radius 3 is 2.17 bits per heavy atom. The van der Waals surface area contributed by atoms with E-state index in [9.17, 15) is 14.7 Å². The summed E-state index contributed by atoms with van der Waals surface area (Å²) in [4.78, 5) is 23.6. The number of hydrogen-bond acceptors (Lipinski definition) is 3. The average Bonchev–Trinajstić information content (AvgIpc) is 2.57. The zero-order chi connectivity index (χ0) is 17.5. The number of nitrogens with one attached hydrogen (secondary N) is 1. The lowest BCUT2D eigenvalue weighted by molar-refractivity contribution is -0.141. The second-order valence-corrected chi connectivity index (χ2v) is 5.89. The molecule has 24 heavy (non-hydrogen) atoms. The first-order valence-electron chi connectivity index (χ1n) is 7.84. The maximum atomic E-state index is 12.2. The number of carbonyl (C=O) groups excluding carboxylic acids is 1. The standard InChI is InChI=1S/C19H22N2O3/c1-13-7-9-15(10-8-13)11-16(20)18(22)21-17(19(23)24)12-14-5-3-2-4-6-14/h2-10,16-17H,11-12,20H2,1H3,(H,21,22)(H,23,24)/t16-,17-/m0/s1/i1-1. The molecular formula is C19H22N2O3. The second-order valence-electron chi connectivity index (χ2n) is 5.89. The first-order chi connectivity index (χ1) is 11.5. The van der Waals surface area contributed by atoms with Crippen molar-refractivity contribution in [1.29, 1.82) is 0 Å². The Bertz CT molecular complexity index is 684. The molecule has 0 spiro atoms. The molecule has 0 aromatic heterocycles. The molecule has 0 bridgehead atoms. The molecule has 4 N–H and O–H groups in total. The van der Waals surface area contributed by atoms with Crippen molar-refractivity contribution in [3.63, 3.8) is 0 Å². The molecule has 0 fully saturated rings. The molecule has 0 aliphatic rings. The fourth-order valence-electron chi connectivity index (χ4n) is 2.40. The van der Waals surface area contributed by atoms with Crippen LogP contribution in [0.5, 0.6) is 0 Å². The number of benzene rings is 2. The predicted octanol–water partition coefficient (Wildman–Crippen LogP) is 1.68. The van der Waals surface area contributed by atoms with Gasteiger partial charge in [0, 0.05) is 6.42 Å². The van der Waals surface area contributed by atoms with Gasteiger partial charge in [0.25, 0.3) is 0 Å². The molecule has 2 aromatic carbocycles. The minimum absolute atomic E-state index is 0.221. The lowest BCUT2D eigenvalue weighted by Gasteiger charge is -2.18. The van der Waals surface area contributed by atoms with Crippen LogP contribution in [0.15, 0.2) is 54.6 Å². The summed E-state index contributed by atoms with van der Waals surface area (Å²) in [5, 5.41) is 11.9. The summed E-state index contributed by atoms with van der Waals surface area (Å²) in [6.45, 7) is 1.98. The van der Waals surface area contributed by atoms with Gasteiger partial charge in [-0.05, 0) is 24.5 Å². The number of aliphatic carboxylic acids is 1. The number of nitrogens with two attached hydrogens (primary N) is 1. The molecule has 0 saturated heterocycles. The zero-order valence-electron chi connectivity index (χ0n) is 13.6. The van der Waals surface area contributed by atoms with Crippen molar-refractivity contribution in [2.75, 3.05) is 0 Å². The molecule has 0 radical (unpaired) electrons. The number of hydrogen-bond donors (Lipinski definition) is 3. The van der Waals surface area contributed by atoms with E-state index in [-0.39, 0.29) is 6.42 Å². The molecule has 5 heteroatoms. The molecule has 5 nitrogen and oxygen atoms in total. The van der Waals surface area contributed by atoms with E-state index in [2.05, 4.69) is 5.32 Å². The van der Waals surface area contributed by atoms with Crippen molar-refractivity contribution in [2.24, 2.45) is 5.73 Å². The highest BCUT2D eigenvalue weighted by Crippen LogP contribution is 2.07. The molecule has 2 atom stereocenters. The minimum Gasteiger partial charge on any atom is -0.480 e. The number of carboxylic acid groups (broad SMARTS) is 1.